The van der Waals surface area contributed by atoms with Gasteiger partial charge in [0.2, 0.25) is 0 Å². The number of rotatable bonds is 4. The van der Waals surface area contributed by atoms with E-state index in [4.69, 9.17) is 4.74 Å². The smallest absolute Gasteiger partial charge is 0.0775 e. The Morgan fingerprint density at radius 3 is 2.94 bits per heavy atom. The lowest BCUT2D eigenvalue weighted by atomic mass is 10.3. The molecule has 0 unspecified atom stereocenters. The maximum Gasteiger partial charge on any atom is 0.0775 e. The standard InChI is InChI=1S/C14H14OS2/c1-2-15-10-4-3-6-12-8-9-14(17-12)13-7-5-11-16-13/h5,7-9,11H,2,4,10H2,1H3. The molecule has 0 fully saturated rings. The van der Waals surface area contributed by atoms with E-state index in [1.807, 2.05) is 6.92 Å². The quantitative estimate of drug-likeness (QED) is 0.591. The van der Waals surface area contributed by atoms with Crippen molar-refractivity contribution < 1.29 is 4.74 Å². The first-order valence-corrected chi connectivity index (χ1v) is 7.30. The molecule has 2 aromatic rings. The molecule has 0 radical (unpaired) electrons. The van der Waals surface area contributed by atoms with Gasteiger partial charge in [0.1, 0.15) is 0 Å². The van der Waals surface area contributed by atoms with Gasteiger partial charge < -0.3 is 4.74 Å². The van der Waals surface area contributed by atoms with Gasteiger partial charge in [-0.1, -0.05) is 17.9 Å². The molecule has 0 bridgehead atoms. The van der Waals surface area contributed by atoms with Gasteiger partial charge in [0.15, 0.2) is 0 Å². The summed E-state index contributed by atoms with van der Waals surface area (Å²) in [6.45, 7) is 3.50. The Morgan fingerprint density at radius 1 is 1.24 bits per heavy atom. The van der Waals surface area contributed by atoms with Gasteiger partial charge in [-0.3, -0.25) is 0 Å². The molecule has 2 rings (SSSR count). The molecule has 0 aliphatic rings. The van der Waals surface area contributed by atoms with Gasteiger partial charge in [0.25, 0.3) is 0 Å². The van der Waals surface area contributed by atoms with Crippen LogP contribution in [0.3, 0.4) is 0 Å². The zero-order chi connectivity index (χ0) is 11.9. The van der Waals surface area contributed by atoms with E-state index >= 15 is 0 Å². The monoisotopic (exact) mass is 262 g/mol. The molecule has 0 spiro atoms. The minimum atomic E-state index is 0.729. The van der Waals surface area contributed by atoms with E-state index in [0.717, 1.165) is 24.5 Å². The van der Waals surface area contributed by atoms with E-state index in [1.165, 1.54) is 9.75 Å². The Balaban J connectivity index is 1.94. The summed E-state index contributed by atoms with van der Waals surface area (Å²) in [6.07, 6.45) is 0.806. The molecule has 2 aromatic heterocycles. The lowest BCUT2D eigenvalue weighted by Crippen LogP contribution is -1.90. The molecular formula is C14H14OS2. The molecule has 3 heteroatoms. The maximum atomic E-state index is 5.24. The van der Waals surface area contributed by atoms with Gasteiger partial charge in [-0.2, -0.15) is 0 Å². The lowest BCUT2D eigenvalue weighted by molar-refractivity contribution is 0.154. The van der Waals surface area contributed by atoms with Gasteiger partial charge in [-0.25, -0.2) is 0 Å². The predicted octanol–water partition coefficient (Wildman–Crippen LogP) is 4.25. The van der Waals surface area contributed by atoms with Crippen LogP contribution in [0.25, 0.3) is 9.75 Å². The fraction of sp³-hybridized carbons (Fsp3) is 0.286. The van der Waals surface area contributed by atoms with Crippen molar-refractivity contribution >= 4 is 22.7 Å². The summed E-state index contributed by atoms with van der Waals surface area (Å²) in [4.78, 5) is 3.75. The van der Waals surface area contributed by atoms with Crippen molar-refractivity contribution in [2.75, 3.05) is 13.2 Å². The Bertz CT molecular complexity index is 500. The van der Waals surface area contributed by atoms with Crippen LogP contribution in [0.5, 0.6) is 0 Å². The van der Waals surface area contributed by atoms with E-state index in [0.29, 0.717) is 0 Å². The summed E-state index contributed by atoms with van der Waals surface area (Å²) in [7, 11) is 0. The molecule has 0 amide bonds. The summed E-state index contributed by atoms with van der Waals surface area (Å²) in [5, 5.41) is 2.10. The first-order chi connectivity index (χ1) is 8.40. The summed E-state index contributed by atoms with van der Waals surface area (Å²) >= 11 is 3.52. The van der Waals surface area contributed by atoms with Gasteiger partial charge in [-0.05, 0) is 30.5 Å². The van der Waals surface area contributed by atoms with E-state index in [-0.39, 0.29) is 0 Å². The molecule has 17 heavy (non-hydrogen) atoms. The fourth-order valence-electron chi connectivity index (χ4n) is 1.37. The Kier molecular flexibility index (Phi) is 4.81. The van der Waals surface area contributed by atoms with Crippen molar-refractivity contribution in [2.45, 2.75) is 13.3 Å². The van der Waals surface area contributed by atoms with Crippen molar-refractivity contribution in [1.82, 2.24) is 0 Å². The first kappa shape index (κ1) is 12.4. The summed E-state index contributed by atoms with van der Waals surface area (Å²) in [5.74, 6) is 6.31. The molecule has 88 valence electrons. The Labute approximate surface area is 110 Å². The van der Waals surface area contributed by atoms with Crippen molar-refractivity contribution in [1.29, 1.82) is 0 Å². The highest BCUT2D eigenvalue weighted by atomic mass is 32.1. The van der Waals surface area contributed by atoms with Crippen molar-refractivity contribution in [3.8, 4) is 21.6 Å². The van der Waals surface area contributed by atoms with Gasteiger partial charge in [-0.15, -0.1) is 22.7 Å². The predicted molar refractivity (Wildman–Crippen MR) is 75.6 cm³/mol. The van der Waals surface area contributed by atoms with Crippen molar-refractivity contribution in [3.05, 3.63) is 34.5 Å². The molecule has 0 saturated heterocycles. The molecule has 0 aromatic carbocycles. The zero-order valence-corrected chi connectivity index (χ0v) is 11.4. The van der Waals surface area contributed by atoms with Crippen LogP contribution in [0.15, 0.2) is 29.6 Å². The average molecular weight is 262 g/mol. The topological polar surface area (TPSA) is 9.23 Å². The molecule has 1 nitrogen and oxygen atoms in total. The van der Waals surface area contributed by atoms with Crippen LogP contribution in [0, 0.1) is 11.8 Å². The average Bonchev–Trinajstić information content (AvgIpc) is 2.99. The summed E-state index contributed by atoms with van der Waals surface area (Å²) in [6, 6.07) is 8.45. The van der Waals surface area contributed by atoms with Crippen LogP contribution in [0.4, 0.5) is 0 Å². The van der Waals surface area contributed by atoms with E-state index < -0.39 is 0 Å². The SMILES string of the molecule is CCOCCC#Cc1ccc(-c2cccs2)s1. The zero-order valence-electron chi connectivity index (χ0n) is 9.73. The van der Waals surface area contributed by atoms with Gasteiger partial charge >= 0.3 is 0 Å². The largest absolute Gasteiger partial charge is 0.381 e. The molecule has 0 atom stereocenters. The minimum Gasteiger partial charge on any atom is -0.381 e. The highest BCUT2D eigenvalue weighted by Crippen LogP contribution is 2.30. The maximum absolute atomic E-state index is 5.24. The molecule has 0 aliphatic heterocycles. The third-order valence-electron chi connectivity index (χ3n) is 2.16. The van der Waals surface area contributed by atoms with Crippen LogP contribution in [-0.4, -0.2) is 13.2 Å². The summed E-state index contributed by atoms with van der Waals surface area (Å²) in [5.41, 5.74) is 0. The van der Waals surface area contributed by atoms with E-state index in [9.17, 15) is 0 Å². The first-order valence-electron chi connectivity index (χ1n) is 5.60. The second-order valence-corrected chi connectivity index (χ2v) is 5.42. The van der Waals surface area contributed by atoms with Crippen molar-refractivity contribution in [2.24, 2.45) is 0 Å². The lowest BCUT2D eigenvalue weighted by Gasteiger charge is -1.92. The summed E-state index contributed by atoms with van der Waals surface area (Å²) < 4.78 is 5.24. The van der Waals surface area contributed by atoms with Crippen LogP contribution in [-0.2, 0) is 4.74 Å². The number of hydrogen-bond acceptors (Lipinski definition) is 3. The molecule has 0 aliphatic carbocycles. The van der Waals surface area contributed by atoms with Crippen molar-refractivity contribution in [3.63, 3.8) is 0 Å². The number of hydrogen-bond donors (Lipinski definition) is 0. The Hall–Kier alpha value is -1.08. The highest BCUT2D eigenvalue weighted by Gasteiger charge is 2.01. The van der Waals surface area contributed by atoms with Crippen LogP contribution in [0.2, 0.25) is 0 Å². The van der Waals surface area contributed by atoms with Gasteiger partial charge in [0.05, 0.1) is 11.5 Å². The van der Waals surface area contributed by atoms with Crippen LogP contribution >= 0.6 is 22.7 Å². The molecule has 0 N–H and O–H groups in total. The number of ether oxygens (including phenoxy) is 1. The highest BCUT2D eigenvalue weighted by molar-refractivity contribution is 7.21. The number of thiophene rings is 2. The molecular weight excluding hydrogens is 248 g/mol. The van der Waals surface area contributed by atoms with E-state index in [2.05, 4.69) is 41.5 Å². The molecule has 0 saturated carbocycles. The van der Waals surface area contributed by atoms with Crippen LogP contribution in [0.1, 0.15) is 18.2 Å². The van der Waals surface area contributed by atoms with Gasteiger partial charge in [0, 0.05) is 22.8 Å². The third-order valence-corrected chi connectivity index (χ3v) is 4.22. The third kappa shape index (κ3) is 3.71. The second kappa shape index (κ2) is 6.61. The van der Waals surface area contributed by atoms with E-state index in [1.54, 1.807) is 22.7 Å². The normalized spacial score (nSPS) is 9.94. The minimum absolute atomic E-state index is 0.729. The Morgan fingerprint density at radius 2 is 2.18 bits per heavy atom. The second-order valence-electron chi connectivity index (χ2n) is 3.39. The van der Waals surface area contributed by atoms with Crippen LogP contribution < -0.4 is 0 Å². The fourth-order valence-corrected chi connectivity index (χ4v) is 3.09. The molecule has 2 heterocycles.